The average Bonchev–Trinajstić information content (AvgIpc) is 2.64. The summed E-state index contributed by atoms with van der Waals surface area (Å²) in [6.45, 7) is 0. The zero-order valence-corrected chi connectivity index (χ0v) is 16.2. The van der Waals surface area contributed by atoms with Crippen LogP contribution in [0.15, 0.2) is 88.7 Å². The van der Waals surface area contributed by atoms with E-state index < -0.39 is 20.0 Å². The third kappa shape index (κ3) is 4.79. The highest BCUT2D eigenvalue weighted by Crippen LogP contribution is 2.21. The minimum Gasteiger partial charge on any atom is -0.280 e. The standard InChI is InChI=1S/C18H15ClN2O4S2/c19-14-6-8-15(9-7-14)20-27(24,25)18-12-10-16(11-13-18)21-26(22,23)17-4-2-1-3-5-17/h1-13,20-21H. The van der Waals surface area contributed by atoms with Crippen LogP contribution in [-0.4, -0.2) is 16.8 Å². The molecule has 0 aliphatic heterocycles. The highest BCUT2D eigenvalue weighted by molar-refractivity contribution is 7.93. The second kappa shape index (κ2) is 7.59. The Morgan fingerprint density at radius 3 is 1.44 bits per heavy atom. The van der Waals surface area contributed by atoms with Crippen LogP contribution in [0.1, 0.15) is 0 Å². The first kappa shape index (κ1) is 19.2. The van der Waals surface area contributed by atoms with Crippen molar-refractivity contribution in [1.29, 1.82) is 0 Å². The van der Waals surface area contributed by atoms with Gasteiger partial charge in [-0.3, -0.25) is 9.44 Å². The molecule has 0 aliphatic rings. The number of anilines is 2. The minimum absolute atomic E-state index is 0.000101. The Morgan fingerprint density at radius 1 is 0.556 bits per heavy atom. The topological polar surface area (TPSA) is 92.3 Å². The highest BCUT2D eigenvalue weighted by Gasteiger charge is 2.16. The lowest BCUT2D eigenvalue weighted by Crippen LogP contribution is -2.14. The number of halogens is 1. The van der Waals surface area contributed by atoms with Crippen LogP contribution < -0.4 is 9.44 Å². The number of hydrogen-bond acceptors (Lipinski definition) is 4. The van der Waals surface area contributed by atoms with Crippen LogP contribution in [-0.2, 0) is 20.0 Å². The van der Waals surface area contributed by atoms with E-state index in [0.717, 1.165) is 0 Å². The molecule has 0 spiro atoms. The predicted molar refractivity (Wildman–Crippen MR) is 106 cm³/mol. The first-order chi connectivity index (χ1) is 12.8. The zero-order valence-electron chi connectivity index (χ0n) is 13.8. The lowest BCUT2D eigenvalue weighted by Gasteiger charge is -2.10. The Bertz CT molecular complexity index is 1130. The van der Waals surface area contributed by atoms with Crippen molar-refractivity contribution in [3.63, 3.8) is 0 Å². The monoisotopic (exact) mass is 422 g/mol. The van der Waals surface area contributed by atoms with Crippen molar-refractivity contribution in [3.8, 4) is 0 Å². The van der Waals surface area contributed by atoms with E-state index in [1.165, 1.54) is 36.4 Å². The fourth-order valence-electron chi connectivity index (χ4n) is 2.25. The molecule has 6 nitrogen and oxygen atoms in total. The van der Waals surface area contributed by atoms with Crippen LogP contribution in [0, 0.1) is 0 Å². The van der Waals surface area contributed by atoms with Gasteiger partial charge in [0.25, 0.3) is 20.0 Å². The van der Waals surface area contributed by atoms with Gasteiger partial charge in [-0.05, 0) is 60.7 Å². The van der Waals surface area contributed by atoms with Crippen molar-refractivity contribution in [2.75, 3.05) is 9.44 Å². The lowest BCUT2D eigenvalue weighted by atomic mass is 10.3. The van der Waals surface area contributed by atoms with Crippen LogP contribution in [0.3, 0.4) is 0 Å². The molecule has 0 saturated carbocycles. The second-order valence-electron chi connectivity index (χ2n) is 5.56. The van der Waals surface area contributed by atoms with Crippen LogP contribution in [0.25, 0.3) is 0 Å². The van der Waals surface area contributed by atoms with Gasteiger partial charge in [-0.15, -0.1) is 0 Å². The smallest absolute Gasteiger partial charge is 0.261 e. The Balaban J connectivity index is 1.77. The lowest BCUT2D eigenvalue weighted by molar-refractivity contribution is 0.600. The van der Waals surface area contributed by atoms with E-state index in [0.29, 0.717) is 10.7 Å². The van der Waals surface area contributed by atoms with E-state index in [9.17, 15) is 16.8 Å². The third-order valence-corrected chi connectivity index (χ3v) is 6.61. The molecule has 0 unspecified atom stereocenters. The minimum atomic E-state index is -3.81. The van der Waals surface area contributed by atoms with Crippen LogP contribution in [0.2, 0.25) is 5.02 Å². The zero-order chi connectivity index (χ0) is 19.5. The molecule has 0 amide bonds. The molecule has 0 heterocycles. The van der Waals surface area contributed by atoms with Gasteiger partial charge in [0.2, 0.25) is 0 Å². The predicted octanol–water partition coefficient (Wildman–Crippen LogP) is 3.94. The normalized spacial score (nSPS) is 11.7. The van der Waals surface area contributed by atoms with E-state index in [4.69, 9.17) is 11.6 Å². The molecule has 0 aliphatic carbocycles. The molecule has 2 N–H and O–H groups in total. The van der Waals surface area contributed by atoms with Crippen molar-refractivity contribution in [2.24, 2.45) is 0 Å². The summed E-state index contributed by atoms with van der Waals surface area (Å²) in [6, 6.07) is 19.5. The second-order valence-corrected chi connectivity index (χ2v) is 9.36. The van der Waals surface area contributed by atoms with Gasteiger partial charge >= 0.3 is 0 Å². The van der Waals surface area contributed by atoms with E-state index in [-0.39, 0.29) is 15.5 Å². The van der Waals surface area contributed by atoms with E-state index in [1.54, 1.807) is 42.5 Å². The van der Waals surface area contributed by atoms with Crippen molar-refractivity contribution in [3.05, 3.63) is 83.9 Å². The van der Waals surface area contributed by atoms with Crippen LogP contribution >= 0.6 is 11.6 Å². The molecule has 0 saturated heterocycles. The average molecular weight is 423 g/mol. The molecule has 0 fully saturated rings. The van der Waals surface area contributed by atoms with Gasteiger partial charge in [0.15, 0.2) is 0 Å². The molecule has 140 valence electrons. The molecule has 3 rings (SSSR count). The molecule has 3 aromatic rings. The van der Waals surface area contributed by atoms with Gasteiger partial charge in [0.1, 0.15) is 0 Å². The van der Waals surface area contributed by atoms with Gasteiger partial charge in [0.05, 0.1) is 9.79 Å². The fraction of sp³-hybridized carbons (Fsp3) is 0. The summed E-state index contributed by atoms with van der Waals surface area (Å²) in [5, 5.41) is 0.494. The van der Waals surface area contributed by atoms with Gasteiger partial charge in [-0.1, -0.05) is 29.8 Å². The molecule has 27 heavy (non-hydrogen) atoms. The summed E-state index contributed by atoms with van der Waals surface area (Å²) in [7, 11) is -7.55. The van der Waals surface area contributed by atoms with Crippen LogP contribution in [0.5, 0.6) is 0 Å². The maximum Gasteiger partial charge on any atom is 0.261 e. The van der Waals surface area contributed by atoms with Crippen molar-refractivity contribution in [2.45, 2.75) is 9.79 Å². The molecule has 0 aromatic heterocycles. The Morgan fingerprint density at radius 2 is 0.963 bits per heavy atom. The Labute approximate surface area is 162 Å². The quantitative estimate of drug-likeness (QED) is 0.629. The molecular formula is C18H15ClN2O4S2. The van der Waals surface area contributed by atoms with Gasteiger partial charge in [-0.2, -0.15) is 0 Å². The third-order valence-electron chi connectivity index (χ3n) is 3.57. The van der Waals surface area contributed by atoms with Crippen molar-refractivity contribution in [1.82, 2.24) is 0 Å². The summed E-state index contributed by atoms with van der Waals surface area (Å²) in [4.78, 5) is 0.117. The largest absolute Gasteiger partial charge is 0.280 e. The molecular weight excluding hydrogens is 408 g/mol. The number of hydrogen-bond donors (Lipinski definition) is 2. The number of nitrogens with one attached hydrogen (secondary N) is 2. The molecule has 0 radical (unpaired) electrons. The van der Waals surface area contributed by atoms with Gasteiger partial charge in [-0.25, -0.2) is 16.8 Å². The first-order valence-electron chi connectivity index (χ1n) is 7.73. The Hall–Kier alpha value is -2.55. The molecule has 0 atom stereocenters. The van der Waals surface area contributed by atoms with Gasteiger partial charge < -0.3 is 0 Å². The Kier molecular flexibility index (Phi) is 5.41. The van der Waals surface area contributed by atoms with E-state index in [1.807, 2.05) is 0 Å². The highest BCUT2D eigenvalue weighted by atomic mass is 35.5. The molecule has 9 heteroatoms. The SMILES string of the molecule is O=S(=O)(Nc1ccc(S(=O)(=O)Nc2ccc(Cl)cc2)cc1)c1ccccc1. The number of sulfonamides is 2. The molecule has 0 bridgehead atoms. The van der Waals surface area contributed by atoms with Crippen molar-refractivity contribution >= 4 is 43.0 Å². The van der Waals surface area contributed by atoms with Gasteiger partial charge in [0, 0.05) is 16.4 Å². The number of rotatable bonds is 6. The first-order valence-corrected chi connectivity index (χ1v) is 11.1. The maximum atomic E-state index is 12.4. The van der Waals surface area contributed by atoms with E-state index >= 15 is 0 Å². The van der Waals surface area contributed by atoms with Crippen molar-refractivity contribution < 1.29 is 16.8 Å². The summed E-state index contributed by atoms with van der Waals surface area (Å²) < 4.78 is 54.3. The van der Waals surface area contributed by atoms with E-state index in [2.05, 4.69) is 9.44 Å². The molecule has 3 aromatic carbocycles. The fourth-order valence-corrected chi connectivity index (χ4v) is 4.51. The summed E-state index contributed by atoms with van der Waals surface area (Å²) >= 11 is 5.78. The summed E-state index contributed by atoms with van der Waals surface area (Å²) in [5.74, 6) is 0. The maximum absolute atomic E-state index is 12.4. The number of benzene rings is 3. The summed E-state index contributed by atoms with van der Waals surface area (Å²) in [5.41, 5.74) is 0.623. The van der Waals surface area contributed by atoms with Crippen LogP contribution in [0.4, 0.5) is 11.4 Å². The summed E-state index contributed by atoms with van der Waals surface area (Å²) in [6.07, 6.45) is 0.